The summed E-state index contributed by atoms with van der Waals surface area (Å²) in [7, 11) is 0. The summed E-state index contributed by atoms with van der Waals surface area (Å²) in [5.74, 6) is 0.125. The average Bonchev–Trinajstić information content (AvgIpc) is 2.93. The van der Waals surface area contributed by atoms with Crippen LogP contribution in [-0.2, 0) is 19.8 Å². The lowest BCUT2D eigenvalue weighted by Gasteiger charge is -2.46. The van der Waals surface area contributed by atoms with Gasteiger partial charge in [0.2, 0.25) is 5.91 Å². The van der Waals surface area contributed by atoms with Gasteiger partial charge in [-0.05, 0) is 27.2 Å². The second-order valence-electron chi connectivity index (χ2n) is 6.32. The van der Waals surface area contributed by atoms with Gasteiger partial charge in [0, 0.05) is 19.3 Å². The molecular formula is C15H23N3O3. The number of morpholine rings is 1. The number of nitrogens with zero attached hydrogens (tertiary/aromatic N) is 3. The van der Waals surface area contributed by atoms with E-state index in [-0.39, 0.29) is 18.1 Å². The number of hydrogen-bond donors (Lipinski definition) is 0. The van der Waals surface area contributed by atoms with Gasteiger partial charge >= 0.3 is 0 Å². The molecule has 0 aromatic carbocycles. The fourth-order valence-corrected chi connectivity index (χ4v) is 3.13. The Bertz CT molecular complexity index is 524. The SMILES string of the molecule is Cc1cn(C(C)(C)C(=O)N2CCO[C@@H]3COCC[C@@H]32)cn1. The molecule has 0 bridgehead atoms. The Hall–Kier alpha value is -1.40. The number of carbonyl (C=O) groups excluding carboxylic acids is 1. The van der Waals surface area contributed by atoms with Crippen molar-refractivity contribution < 1.29 is 14.3 Å². The highest BCUT2D eigenvalue weighted by molar-refractivity contribution is 5.84. The molecule has 21 heavy (non-hydrogen) atoms. The summed E-state index contributed by atoms with van der Waals surface area (Å²) < 4.78 is 13.1. The minimum atomic E-state index is -0.637. The molecule has 2 saturated heterocycles. The van der Waals surface area contributed by atoms with Crippen LogP contribution >= 0.6 is 0 Å². The highest BCUT2D eigenvalue weighted by atomic mass is 16.5. The minimum Gasteiger partial charge on any atom is -0.379 e. The number of hydrogen-bond acceptors (Lipinski definition) is 4. The largest absolute Gasteiger partial charge is 0.379 e. The lowest BCUT2D eigenvalue weighted by Crippen LogP contribution is -2.61. The Balaban J connectivity index is 1.82. The van der Waals surface area contributed by atoms with Gasteiger partial charge in [0.1, 0.15) is 11.6 Å². The lowest BCUT2D eigenvalue weighted by atomic mass is 9.96. The summed E-state index contributed by atoms with van der Waals surface area (Å²) in [6.07, 6.45) is 4.50. The van der Waals surface area contributed by atoms with E-state index < -0.39 is 5.54 Å². The predicted octanol–water partition coefficient (Wildman–Crippen LogP) is 0.943. The molecule has 3 rings (SSSR count). The first-order chi connectivity index (χ1) is 10.00. The topological polar surface area (TPSA) is 56.6 Å². The van der Waals surface area contributed by atoms with Crippen molar-refractivity contribution in [2.45, 2.75) is 44.9 Å². The predicted molar refractivity (Wildman–Crippen MR) is 77.0 cm³/mol. The Morgan fingerprint density at radius 1 is 1.43 bits per heavy atom. The van der Waals surface area contributed by atoms with E-state index in [0.717, 1.165) is 12.1 Å². The first-order valence-corrected chi connectivity index (χ1v) is 7.51. The quantitative estimate of drug-likeness (QED) is 0.814. The molecular weight excluding hydrogens is 270 g/mol. The third-order valence-corrected chi connectivity index (χ3v) is 4.48. The van der Waals surface area contributed by atoms with Crippen molar-refractivity contribution in [1.82, 2.24) is 14.5 Å². The third-order valence-electron chi connectivity index (χ3n) is 4.48. The fraction of sp³-hybridized carbons (Fsp3) is 0.733. The van der Waals surface area contributed by atoms with Crippen molar-refractivity contribution in [1.29, 1.82) is 0 Å². The van der Waals surface area contributed by atoms with E-state index >= 15 is 0 Å². The van der Waals surface area contributed by atoms with Crippen molar-refractivity contribution >= 4 is 5.91 Å². The van der Waals surface area contributed by atoms with Gasteiger partial charge in [0.25, 0.3) is 0 Å². The Labute approximate surface area is 125 Å². The molecule has 2 aliphatic heterocycles. The van der Waals surface area contributed by atoms with Gasteiger partial charge in [-0.2, -0.15) is 0 Å². The van der Waals surface area contributed by atoms with Gasteiger partial charge < -0.3 is 18.9 Å². The second kappa shape index (κ2) is 5.42. The molecule has 6 nitrogen and oxygen atoms in total. The van der Waals surface area contributed by atoms with E-state index in [1.165, 1.54) is 0 Å². The van der Waals surface area contributed by atoms with Gasteiger partial charge in [0.15, 0.2) is 0 Å². The number of carbonyl (C=O) groups is 1. The number of fused-ring (bicyclic) bond motifs is 1. The number of aryl methyl sites for hydroxylation is 1. The standard InChI is InChI=1S/C15H23N3O3/c1-11-8-17(10-16-11)15(2,3)14(19)18-5-7-21-13-9-20-6-4-12(13)18/h8,10,12-13H,4-7,9H2,1-3H3/t12-,13+/m0/s1. The lowest BCUT2D eigenvalue weighted by molar-refractivity contribution is -0.168. The number of ether oxygens (including phenoxy) is 2. The van der Waals surface area contributed by atoms with Crippen LogP contribution in [0.5, 0.6) is 0 Å². The molecule has 0 radical (unpaired) electrons. The maximum Gasteiger partial charge on any atom is 0.248 e. The maximum atomic E-state index is 13.1. The number of rotatable bonds is 2. The van der Waals surface area contributed by atoms with E-state index in [1.54, 1.807) is 6.33 Å². The van der Waals surface area contributed by atoms with Gasteiger partial charge in [-0.25, -0.2) is 4.98 Å². The molecule has 0 N–H and O–H groups in total. The maximum absolute atomic E-state index is 13.1. The van der Waals surface area contributed by atoms with Crippen LogP contribution in [0.25, 0.3) is 0 Å². The monoisotopic (exact) mass is 293 g/mol. The van der Waals surface area contributed by atoms with E-state index in [2.05, 4.69) is 4.98 Å². The van der Waals surface area contributed by atoms with Crippen molar-refractivity contribution in [3.05, 3.63) is 18.2 Å². The first kappa shape index (κ1) is 14.5. The highest BCUT2D eigenvalue weighted by Crippen LogP contribution is 2.27. The Morgan fingerprint density at radius 2 is 2.24 bits per heavy atom. The van der Waals surface area contributed by atoms with Gasteiger partial charge in [0.05, 0.1) is 31.3 Å². The molecule has 1 aromatic rings. The van der Waals surface area contributed by atoms with Crippen molar-refractivity contribution in [3.63, 3.8) is 0 Å². The van der Waals surface area contributed by atoms with Crippen LogP contribution in [0.3, 0.4) is 0 Å². The summed E-state index contributed by atoms with van der Waals surface area (Å²) in [5, 5.41) is 0. The van der Waals surface area contributed by atoms with Crippen LogP contribution in [0, 0.1) is 6.92 Å². The summed E-state index contributed by atoms with van der Waals surface area (Å²) >= 11 is 0. The minimum absolute atomic E-state index is 0.0109. The average molecular weight is 293 g/mol. The van der Waals surface area contributed by atoms with Gasteiger partial charge in [-0.3, -0.25) is 4.79 Å². The summed E-state index contributed by atoms with van der Waals surface area (Å²) in [6.45, 7) is 8.32. The molecule has 6 heteroatoms. The van der Waals surface area contributed by atoms with Crippen LogP contribution in [0.1, 0.15) is 26.0 Å². The van der Waals surface area contributed by atoms with Crippen LogP contribution < -0.4 is 0 Å². The van der Waals surface area contributed by atoms with E-state index in [1.807, 2.05) is 36.4 Å². The second-order valence-corrected chi connectivity index (χ2v) is 6.32. The smallest absolute Gasteiger partial charge is 0.248 e. The molecule has 2 aliphatic rings. The van der Waals surface area contributed by atoms with Gasteiger partial charge in [-0.1, -0.05) is 0 Å². The molecule has 0 unspecified atom stereocenters. The summed E-state index contributed by atoms with van der Waals surface area (Å²) in [6, 6.07) is 0.129. The normalized spacial score (nSPS) is 26.5. The zero-order chi connectivity index (χ0) is 15.0. The third kappa shape index (κ3) is 2.58. The summed E-state index contributed by atoms with van der Waals surface area (Å²) in [5.41, 5.74) is 0.281. The van der Waals surface area contributed by atoms with E-state index in [4.69, 9.17) is 9.47 Å². The summed E-state index contributed by atoms with van der Waals surface area (Å²) in [4.78, 5) is 19.3. The molecule has 0 saturated carbocycles. The van der Waals surface area contributed by atoms with Crippen LogP contribution in [-0.4, -0.2) is 58.9 Å². The zero-order valence-corrected chi connectivity index (χ0v) is 12.9. The van der Waals surface area contributed by atoms with Crippen molar-refractivity contribution in [2.75, 3.05) is 26.4 Å². The number of imidazole rings is 1. The van der Waals surface area contributed by atoms with Crippen LogP contribution in [0.2, 0.25) is 0 Å². The van der Waals surface area contributed by atoms with Gasteiger partial charge in [-0.15, -0.1) is 0 Å². The molecule has 2 atom stereocenters. The molecule has 0 spiro atoms. The fourth-order valence-electron chi connectivity index (χ4n) is 3.13. The molecule has 3 heterocycles. The number of aromatic nitrogens is 2. The Morgan fingerprint density at radius 3 is 2.95 bits per heavy atom. The Kier molecular flexibility index (Phi) is 3.75. The molecule has 2 fully saturated rings. The number of amides is 1. The van der Waals surface area contributed by atoms with Crippen LogP contribution in [0.4, 0.5) is 0 Å². The molecule has 1 amide bonds. The highest BCUT2D eigenvalue weighted by Gasteiger charge is 2.42. The zero-order valence-electron chi connectivity index (χ0n) is 12.9. The van der Waals surface area contributed by atoms with E-state index in [0.29, 0.717) is 26.4 Å². The molecule has 1 aromatic heterocycles. The molecule has 0 aliphatic carbocycles. The first-order valence-electron chi connectivity index (χ1n) is 7.51. The molecule has 116 valence electrons. The van der Waals surface area contributed by atoms with E-state index in [9.17, 15) is 4.79 Å². The van der Waals surface area contributed by atoms with Crippen molar-refractivity contribution in [3.8, 4) is 0 Å². The van der Waals surface area contributed by atoms with Crippen LogP contribution in [0.15, 0.2) is 12.5 Å². The van der Waals surface area contributed by atoms with Crippen molar-refractivity contribution in [2.24, 2.45) is 0 Å².